The van der Waals surface area contributed by atoms with E-state index in [4.69, 9.17) is 10.00 Å². The SMILES string of the molecule is CCc1c(C#N)nnn1-c1ccc(OCC(C)C)cc1. The molecule has 0 radical (unpaired) electrons. The van der Waals surface area contributed by atoms with E-state index in [9.17, 15) is 0 Å². The Morgan fingerprint density at radius 1 is 1.30 bits per heavy atom. The number of aromatic nitrogens is 3. The van der Waals surface area contributed by atoms with Crippen LogP contribution in [0, 0.1) is 17.2 Å². The van der Waals surface area contributed by atoms with Crippen LogP contribution in [0.3, 0.4) is 0 Å². The lowest BCUT2D eigenvalue weighted by Gasteiger charge is -2.09. The average Bonchev–Trinajstić information content (AvgIpc) is 2.88. The van der Waals surface area contributed by atoms with Gasteiger partial charge in [-0.05, 0) is 36.6 Å². The van der Waals surface area contributed by atoms with Gasteiger partial charge in [0.15, 0.2) is 5.69 Å². The van der Waals surface area contributed by atoms with E-state index in [1.807, 2.05) is 31.2 Å². The van der Waals surface area contributed by atoms with E-state index in [1.54, 1.807) is 4.68 Å². The molecule has 0 fully saturated rings. The zero-order valence-corrected chi connectivity index (χ0v) is 12.0. The summed E-state index contributed by atoms with van der Waals surface area (Å²) in [6.07, 6.45) is 0.710. The summed E-state index contributed by atoms with van der Waals surface area (Å²) in [4.78, 5) is 0. The number of ether oxygens (including phenoxy) is 1. The lowest BCUT2D eigenvalue weighted by atomic mass is 10.2. The Labute approximate surface area is 118 Å². The molecule has 0 N–H and O–H groups in total. The zero-order valence-electron chi connectivity index (χ0n) is 12.0. The van der Waals surface area contributed by atoms with Gasteiger partial charge in [-0.15, -0.1) is 5.10 Å². The number of nitrogens with zero attached hydrogens (tertiary/aromatic N) is 4. The van der Waals surface area contributed by atoms with E-state index >= 15 is 0 Å². The zero-order chi connectivity index (χ0) is 14.5. The van der Waals surface area contributed by atoms with E-state index in [0.29, 0.717) is 24.6 Å². The molecule has 0 amide bonds. The molecule has 0 saturated carbocycles. The first-order valence-electron chi connectivity index (χ1n) is 6.73. The summed E-state index contributed by atoms with van der Waals surface area (Å²) in [6.45, 7) is 6.90. The Balaban J connectivity index is 2.22. The molecule has 0 saturated heterocycles. The second-order valence-electron chi connectivity index (χ2n) is 4.96. The highest BCUT2D eigenvalue weighted by Gasteiger charge is 2.11. The first-order valence-corrected chi connectivity index (χ1v) is 6.73. The molecule has 0 aliphatic heterocycles. The third kappa shape index (κ3) is 2.97. The summed E-state index contributed by atoms with van der Waals surface area (Å²) in [5.74, 6) is 1.33. The van der Waals surface area contributed by atoms with Gasteiger partial charge < -0.3 is 4.74 Å². The summed E-state index contributed by atoms with van der Waals surface area (Å²) in [6, 6.07) is 9.72. The maximum absolute atomic E-state index is 8.99. The fourth-order valence-electron chi connectivity index (χ4n) is 1.86. The molecule has 0 aliphatic carbocycles. The molecule has 0 atom stereocenters. The molecule has 2 aromatic rings. The monoisotopic (exact) mass is 270 g/mol. The van der Waals surface area contributed by atoms with Gasteiger partial charge >= 0.3 is 0 Å². The second kappa shape index (κ2) is 6.20. The van der Waals surface area contributed by atoms with Crippen molar-refractivity contribution in [2.24, 2.45) is 5.92 Å². The molecule has 1 aromatic carbocycles. The maximum atomic E-state index is 8.99. The molecule has 104 valence electrons. The molecule has 20 heavy (non-hydrogen) atoms. The molecule has 0 spiro atoms. The van der Waals surface area contributed by atoms with Crippen LogP contribution in [0.15, 0.2) is 24.3 Å². The van der Waals surface area contributed by atoms with Crippen LogP contribution >= 0.6 is 0 Å². The molecule has 0 unspecified atom stereocenters. The summed E-state index contributed by atoms with van der Waals surface area (Å²) >= 11 is 0. The highest BCUT2D eigenvalue weighted by Crippen LogP contribution is 2.18. The Morgan fingerprint density at radius 3 is 2.55 bits per heavy atom. The van der Waals surface area contributed by atoms with Crippen molar-refractivity contribution in [2.75, 3.05) is 6.61 Å². The number of benzene rings is 1. The van der Waals surface area contributed by atoms with Gasteiger partial charge in [0.25, 0.3) is 0 Å². The standard InChI is InChI=1S/C15H18N4O/c1-4-15-14(9-16)17-18-19(15)12-5-7-13(8-6-12)20-10-11(2)3/h5-8,11H,4,10H2,1-3H3. The van der Waals surface area contributed by atoms with E-state index in [1.165, 1.54) is 0 Å². The van der Waals surface area contributed by atoms with Crippen molar-refractivity contribution in [3.63, 3.8) is 0 Å². The predicted octanol–water partition coefficient (Wildman–Crippen LogP) is 2.74. The van der Waals surface area contributed by atoms with E-state index in [-0.39, 0.29) is 0 Å². The molecule has 5 nitrogen and oxygen atoms in total. The molecule has 1 heterocycles. The van der Waals surface area contributed by atoms with Crippen molar-refractivity contribution in [2.45, 2.75) is 27.2 Å². The summed E-state index contributed by atoms with van der Waals surface area (Å²) in [5, 5.41) is 16.9. The Bertz CT molecular complexity index is 608. The third-order valence-electron chi connectivity index (χ3n) is 2.87. The number of hydrogen-bond acceptors (Lipinski definition) is 4. The van der Waals surface area contributed by atoms with Crippen LogP contribution in [-0.2, 0) is 6.42 Å². The normalized spacial score (nSPS) is 10.6. The minimum absolute atomic E-state index is 0.382. The van der Waals surface area contributed by atoms with Gasteiger partial charge in [0.2, 0.25) is 0 Å². The van der Waals surface area contributed by atoms with Gasteiger partial charge in [-0.3, -0.25) is 0 Å². The van der Waals surface area contributed by atoms with Crippen LogP contribution in [0.5, 0.6) is 5.75 Å². The fourth-order valence-corrected chi connectivity index (χ4v) is 1.86. The summed E-state index contributed by atoms with van der Waals surface area (Å²) in [7, 11) is 0. The summed E-state index contributed by atoms with van der Waals surface area (Å²) < 4.78 is 7.34. The van der Waals surface area contributed by atoms with Gasteiger partial charge in [-0.2, -0.15) is 5.26 Å². The maximum Gasteiger partial charge on any atom is 0.186 e. The average molecular weight is 270 g/mol. The van der Waals surface area contributed by atoms with Crippen LogP contribution in [0.25, 0.3) is 5.69 Å². The van der Waals surface area contributed by atoms with Gasteiger partial charge in [0.05, 0.1) is 18.0 Å². The predicted molar refractivity (Wildman–Crippen MR) is 75.8 cm³/mol. The van der Waals surface area contributed by atoms with E-state index in [0.717, 1.165) is 17.1 Å². The molecule has 5 heteroatoms. The Morgan fingerprint density at radius 2 is 2.00 bits per heavy atom. The van der Waals surface area contributed by atoms with Gasteiger partial charge in [0, 0.05) is 0 Å². The minimum Gasteiger partial charge on any atom is -0.493 e. The quantitative estimate of drug-likeness (QED) is 0.838. The number of hydrogen-bond donors (Lipinski definition) is 0. The summed E-state index contributed by atoms with van der Waals surface area (Å²) in [5.41, 5.74) is 2.09. The van der Waals surface area contributed by atoms with Crippen molar-refractivity contribution in [1.82, 2.24) is 15.0 Å². The molecule has 1 aromatic heterocycles. The highest BCUT2D eigenvalue weighted by atomic mass is 16.5. The van der Waals surface area contributed by atoms with Gasteiger partial charge in [0.1, 0.15) is 11.8 Å². The lowest BCUT2D eigenvalue weighted by molar-refractivity contribution is 0.271. The largest absolute Gasteiger partial charge is 0.493 e. The molecular weight excluding hydrogens is 252 g/mol. The van der Waals surface area contributed by atoms with E-state index in [2.05, 4.69) is 30.2 Å². The lowest BCUT2D eigenvalue weighted by Crippen LogP contribution is -2.05. The topological polar surface area (TPSA) is 63.7 Å². The van der Waals surface area contributed by atoms with E-state index < -0.39 is 0 Å². The number of nitriles is 1. The Kier molecular flexibility index (Phi) is 4.36. The molecular formula is C15H18N4O. The molecule has 2 rings (SSSR count). The van der Waals surface area contributed by atoms with Gasteiger partial charge in [-0.25, -0.2) is 4.68 Å². The highest BCUT2D eigenvalue weighted by molar-refractivity contribution is 5.40. The van der Waals surface area contributed by atoms with Crippen molar-refractivity contribution in [3.05, 3.63) is 35.7 Å². The van der Waals surface area contributed by atoms with Crippen LogP contribution < -0.4 is 4.74 Å². The van der Waals surface area contributed by atoms with Crippen molar-refractivity contribution in [3.8, 4) is 17.5 Å². The van der Waals surface area contributed by atoms with Crippen LogP contribution in [0.2, 0.25) is 0 Å². The van der Waals surface area contributed by atoms with Crippen molar-refractivity contribution >= 4 is 0 Å². The minimum atomic E-state index is 0.382. The van der Waals surface area contributed by atoms with Crippen molar-refractivity contribution < 1.29 is 4.74 Å². The van der Waals surface area contributed by atoms with Crippen molar-refractivity contribution in [1.29, 1.82) is 5.26 Å². The Hall–Kier alpha value is -2.35. The van der Waals surface area contributed by atoms with Crippen LogP contribution in [0.4, 0.5) is 0 Å². The van der Waals surface area contributed by atoms with Gasteiger partial charge in [-0.1, -0.05) is 26.0 Å². The fraction of sp³-hybridized carbons (Fsp3) is 0.400. The van der Waals surface area contributed by atoms with Crippen LogP contribution in [-0.4, -0.2) is 21.6 Å². The number of rotatable bonds is 5. The third-order valence-corrected chi connectivity index (χ3v) is 2.87. The first-order chi connectivity index (χ1) is 9.65. The first kappa shape index (κ1) is 14.1. The molecule has 0 aliphatic rings. The second-order valence-corrected chi connectivity index (χ2v) is 4.96. The smallest absolute Gasteiger partial charge is 0.186 e. The van der Waals surface area contributed by atoms with Crippen LogP contribution in [0.1, 0.15) is 32.2 Å². The molecule has 0 bridgehead atoms.